The third kappa shape index (κ3) is 3.70. The van der Waals surface area contributed by atoms with Crippen LogP contribution in [0.2, 0.25) is 0 Å². The highest BCUT2D eigenvalue weighted by molar-refractivity contribution is 8.18. The Bertz CT molecular complexity index is 919. The number of hydrogen-bond donors (Lipinski definition) is 1. The number of furan rings is 1. The summed E-state index contributed by atoms with van der Waals surface area (Å²) in [4.78, 5) is 48.0. The second-order valence-corrected chi connectivity index (χ2v) is 6.91. The molecule has 9 nitrogen and oxygen atoms in total. The van der Waals surface area contributed by atoms with Crippen LogP contribution < -0.4 is 10.2 Å². The Morgan fingerprint density at radius 3 is 2.70 bits per heavy atom. The fourth-order valence-corrected chi connectivity index (χ4v) is 3.48. The van der Waals surface area contributed by atoms with Gasteiger partial charge in [-0.1, -0.05) is 0 Å². The zero-order valence-electron chi connectivity index (χ0n) is 14.1. The quantitative estimate of drug-likeness (QED) is 0.789. The molecule has 2 saturated heterocycles. The van der Waals surface area contributed by atoms with Crippen molar-refractivity contribution in [3.63, 3.8) is 0 Å². The molecule has 4 heterocycles. The van der Waals surface area contributed by atoms with Crippen molar-refractivity contribution in [2.45, 2.75) is 0 Å². The van der Waals surface area contributed by atoms with Gasteiger partial charge in [-0.05, 0) is 36.0 Å². The van der Waals surface area contributed by atoms with Gasteiger partial charge < -0.3 is 14.2 Å². The molecule has 0 radical (unpaired) electrons. The van der Waals surface area contributed by atoms with Crippen LogP contribution in [0.1, 0.15) is 16.2 Å². The van der Waals surface area contributed by atoms with Gasteiger partial charge in [-0.25, -0.2) is 9.97 Å². The number of aromatic nitrogens is 2. The highest BCUT2D eigenvalue weighted by Gasteiger charge is 2.26. The van der Waals surface area contributed by atoms with E-state index in [0.29, 0.717) is 48.5 Å². The van der Waals surface area contributed by atoms with Crippen molar-refractivity contribution in [1.29, 1.82) is 0 Å². The van der Waals surface area contributed by atoms with E-state index in [4.69, 9.17) is 4.42 Å². The lowest BCUT2D eigenvalue weighted by molar-refractivity contribution is -0.115. The molecule has 0 saturated carbocycles. The van der Waals surface area contributed by atoms with Crippen LogP contribution in [0.5, 0.6) is 0 Å². The summed E-state index contributed by atoms with van der Waals surface area (Å²) >= 11 is 0.847. The van der Waals surface area contributed by atoms with E-state index < -0.39 is 11.1 Å². The molecule has 3 amide bonds. The Labute approximate surface area is 158 Å². The standard InChI is InChI=1S/C17H15N5O4S/c23-14-13(27-17(25)20-14)10-11-3-4-18-16(19-11)22-7-5-21(6-8-22)15(24)12-2-1-9-26-12/h1-4,9-10H,5-8H2,(H,20,23,25)/b13-10-. The Kier molecular flexibility index (Phi) is 4.63. The third-order valence-electron chi connectivity index (χ3n) is 4.17. The molecule has 138 valence electrons. The molecule has 0 bridgehead atoms. The number of nitrogens with zero attached hydrogens (tertiary/aromatic N) is 4. The minimum Gasteiger partial charge on any atom is -0.459 e. The lowest BCUT2D eigenvalue weighted by Crippen LogP contribution is -2.49. The second kappa shape index (κ2) is 7.23. The predicted octanol–water partition coefficient (Wildman–Crippen LogP) is 1.36. The van der Waals surface area contributed by atoms with Gasteiger partial charge in [0.25, 0.3) is 17.1 Å². The third-order valence-corrected chi connectivity index (χ3v) is 4.98. The molecule has 2 aliphatic heterocycles. The van der Waals surface area contributed by atoms with E-state index in [2.05, 4.69) is 15.3 Å². The summed E-state index contributed by atoms with van der Waals surface area (Å²) in [5, 5.41) is 1.82. The summed E-state index contributed by atoms with van der Waals surface area (Å²) in [7, 11) is 0. The average Bonchev–Trinajstić information content (AvgIpc) is 3.32. The second-order valence-electron chi connectivity index (χ2n) is 5.89. The first-order valence-corrected chi connectivity index (χ1v) is 9.07. The maximum atomic E-state index is 12.3. The lowest BCUT2D eigenvalue weighted by Gasteiger charge is -2.34. The van der Waals surface area contributed by atoms with E-state index in [0.717, 1.165) is 11.8 Å². The lowest BCUT2D eigenvalue weighted by atomic mass is 10.3. The Balaban J connectivity index is 1.43. The number of thioether (sulfide) groups is 1. The smallest absolute Gasteiger partial charge is 0.290 e. The van der Waals surface area contributed by atoms with Crippen LogP contribution in [-0.4, -0.2) is 58.1 Å². The molecule has 0 atom stereocenters. The van der Waals surface area contributed by atoms with Crippen LogP contribution >= 0.6 is 11.8 Å². The van der Waals surface area contributed by atoms with Crippen molar-refractivity contribution in [3.8, 4) is 0 Å². The molecule has 10 heteroatoms. The highest BCUT2D eigenvalue weighted by atomic mass is 32.2. The fraction of sp³-hybridized carbons (Fsp3) is 0.235. The molecule has 2 aliphatic rings. The van der Waals surface area contributed by atoms with Crippen molar-refractivity contribution in [2.24, 2.45) is 0 Å². The van der Waals surface area contributed by atoms with Crippen LogP contribution in [0.4, 0.5) is 10.7 Å². The van der Waals surface area contributed by atoms with Gasteiger partial charge in [0.2, 0.25) is 5.95 Å². The number of piperazine rings is 1. The molecule has 1 N–H and O–H groups in total. The molecule has 2 aromatic rings. The molecule has 4 rings (SSSR count). The van der Waals surface area contributed by atoms with Crippen molar-refractivity contribution in [1.82, 2.24) is 20.2 Å². The fourth-order valence-electron chi connectivity index (χ4n) is 2.82. The van der Waals surface area contributed by atoms with E-state index >= 15 is 0 Å². The predicted molar refractivity (Wildman–Crippen MR) is 98.0 cm³/mol. The largest absolute Gasteiger partial charge is 0.459 e. The van der Waals surface area contributed by atoms with E-state index in [-0.39, 0.29) is 5.91 Å². The van der Waals surface area contributed by atoms with Gasteiger partial charge in [-0.3, -0.25) is 19.7 Å². The number of anilines is 1. The number of imide groups is 1. The minimum absolute atomic E-state index is 0.131. The van der Waals surface area contributed by atoms with Crippen LogP contribution in [-0.2, 0) is 4.79 Å². The van der Waals surface area contributed by atoms with Crippen LogP contribution in [0, 0.1) is 0 Å². The first-order chi connectivity index (χ1) is 13.1. The van der Waals surface area contributed by atoms with Gasteiger partial charge in [0.05, 0.1) is 16.9 Å². The molecular formula is C17H15N5O4S. The molecule has 2 fully saturated rings. The topological polar surface area (TPSA) is 109 Å². The number of hydrogen-bond acceptors (Lipinski definition) is 8. The molecule has 0 unspecified atom stereocenters. The Morgan fingerprint density at radius 2 is 2.04 bits per heavy atom. The van der Waals surface area contributed by atoms with E-state index in [1.54, 1.807) is 35.4 Å². The van der Waals surface area contributed by atoms with E-state index in [1.807, 2.05) is 4.90 Å². The Hall–Kier alpha value is -3.14. The monoisotopic (exact) mass is 385 g/mol. The van der Waals surface area contributed by atoms with Gasteiger partial charge in [-0.15, -0.1) is 0 Å². The average molecular weight is 385 g/mol. The van der Waals surface area contributed by atoms with Crippen molar-refractivity contribution >= 4 is 40.8 Å². The number of carbonyl (C=O) groups excluding carboxylic acids is 3. The summed E-state index contributed by atoms with van der Waals surface area (Å²) in [5.41, 5.74) is 0.543. The molecule has 2 aromatic heterocycles. The molecule has 0 spiro atoms. The maximum Gasteiger partial charge on any atom is 0.290 e. The van der Waals surface area contributed by atoms with E-state index in [9.17, 15) is 14.4 Å². The summed E-state index contributed by atoms with van der Waals surface area (Å²) in [6.07, 6.45) is 4.65. The number of nitrogens with one attached hydrogen (secondary N) is 1. The summed E-state index contributed by atoms with van der Waals surface area (Å²) in [6.45, 7) is 2.22. The highest BCUT2D eigenvalue weighted by Crippen LogP contribution is 2.25. The normalized spacial score (nSPS) is 18.9. The molecule has 0 aliphatic carbocycles. The number of carbonyl (C=O) groups is 3. The van der Waals surface area contributed by atoms with Crippen molar-refractivity contribution < 1.29 is 18.8 Å². The van der Waals surface area contributed by atoms with Gasteiger partial charge in [0.1, 0.15) is 0 Å². The van der Waals surface area contributed by atoms with Crippen LogP contribution in [0.25, 0.3) is 6.08 Å². The summed E-state index contributed by atoms with van der Waals surface area (Å²) in [5.74, 6) is 0.294. The first-order valence-electron chi connectivity index (χ1n) is 8.26. The number of amides is 3. The molecule has 0 aromatic carbocycles. The van der Waals surface area contributed by atoms with Gasteiger partial charge >= 0.3 is 0 Å². The molecule has 27 heavy (non-hydrogen) atoms. The van der Waals surface area contributed by atoms with Crippen LogP contribution in [0.3, 0.4) is 0 Å². The minimum atomic E-state index is -0.421. The van der Waals surface area contributed by atoms with E-state index in [1.165, 1.54) is 6.26 Å². The van der Waals surface area contributed by atoms with Gasteiger partial charge in [0, 0.05) is 32.4 Å². The van der Waals surface area contributed by atoms with Crippen molar-refractivity contribution in [3.05, 3.63) is 47.0 Å². The zero-order valence-corrected chi connectivity index (χ0v) is 14.9. The first kappa shape index (κ1) is 17.3. The van der Waals surface area contributed by atoms with Gasteiger partial charge in [0.15, 0.2) is 5.76 Å². The SMILES string of the molecule is O=C1NC(=O)/C(=C/c2ccnc(N3CCN(C(=O)c4ccco4)CC3)n2)S1. The summed E-state index contributed by atoms with van der Waals surface area (Å²) in [6, 6.07) is 5.01. The van der Waals surface area contributed by atoms with Crippen molar-refractivity contribution in [2.75, 3.05) is 31.1 Å². The number of rotatable bonds is 3. The zero-order chi connectivity index (χ0) is 18.8. The Morgan fingerprint density at radius 1 is 1.22 bits per heavy atom. The molecular weight excluding hydrogens is 370 g/mol. The maximum absolute atomic E-state index is 12.3. The summed E-state index contributed by atoms with van der Waals surface area (Å²) < 4.78 is 5.16. The van der Waals surface area contributed by atoms with Gasteiger partial charge in [-0.2, -0.15) is 0 Å². The van der Waals surface area contributed by atoms with Crippen LogP contribution in [0.15, 0.2) is 40.0 Å².